The van der Waals surface area contributed by atoms with Gasteiger partial charge in [0.15, 0.2) is 11.6 Å². The van der Waals surface area contributed by atoms with Crippen LogP contribution in [-0.4, -0.2) is 27.7 Å². The topological polar surface area (TPSA) is 34.1 Å². The van der Waals surface area contributed by atoms with Gasteiger partial charge in [0, 0.05) is 23.2 Å². The Bertz CT molecular complexity index is 444. The fourth-order valence-electron chi connectivity index (χ4n) is 2.01. The van der Waals surface area contributed by atoms with Crippen molar-refractivity contribution in [2.75, 3.05) is 0 Å². The second kappa shape index (κ2) is 6.18. The van der Waals surface area contributed by atoms with Gasteiger partial charge < -0.3 is 0 Å². The normalized spacial score (nSPS) is 12.3. The summed E-state index contributed by atoms with van der Waals surface area (Å²) >= 11 is 0. The third-order valence-corrected chi connectivity index (χ3v) is 5.67. The van der Waals surface area contributed by atoms with Crippen molar-refractivity contribution < 1.29 is 9.59 Å². The molecule has 0 aromatic heterocycles. The number of hydrogen-bond donors (Lipinski definition) is 0. The molecule has 2 nitrogen and oxygen atoms in total. The van der Waals surface area contributed by atoms with Gasteiger partial charge in [0.1, 0.15) is 0 Å². The van der Waals surface area contributed by atoms with E-state index in [1.807, 2.05) is 0 Å². The molecule has 0 aliphatic rings. The summed E-state index contributed by atoms with van der Waals surface area (Å²) < 4.78 is 0. The average Bonchev–Trinajstić information content (AvgIpc) is 2.24. The molecule has 0 radical (unpaired) electrons. The first-order valence-corrected chi connectivity index (χ1v) is 14.6. The molecule has 20 heavy (non-hydrogen) atoms. The van der Waals surface area contributed by atoms with Gasteiger partial charge in [-0.25, -0.2) is 0 Å². The van der Waals surface area contributed by atoms with Crippen LogP contribution in [0.1, 0.15) is 20.7 Å². The van der Waals surface area contributed by atoms with E-state index in [1.54, 1.807) is 24.3 Å². The molecule has 0 fully saturated rings. The Morgan fingerprint density at radius 3 is 1.15 bits per heavy atom. The zero-order valence-electron chi connectivity index (χ0n) is 13.5. The Morgan fingerprint density at radius 1 is 0.700 bits per heavy atom. The third kappa shape index (κ3) is 5.97. The molecule has 4 heteroatoms. The molecule has 0 saturated carbocycles. The second-order valence-electron chi connectivity index (χ2n) is 7.90. The highest BCUT2D eigenvalue weighted by molar-refractivity contribution is 6.79. The second-order valence-corrected chi connectivity index (χ2v) is 18.8. The quantitative estimate of drug-likeness (QED) is 0.562. The van der Waals surface area contributed by atoms with Gasteiger partial charge in [-0.15, -0.1) is 0 Å². The van der Waals surface area contributed by atoms with Gasteiger partial charge in [-0.1, -0.05) is 63.5 Å². The van der Waals surface area contributed by atoms with Crippen molar-refractivity contribution in [2.24, 2.45) is 0 Å². The number of ketones is 2. The highest BCUT2D eigenvalue weighted by atomic mass is 28.3. The average molecular weight is 307 g/mol. The monoisotopic (exact) mass is 306 g/mol. The van der Waals surface area contributed by atoms with Gasteiger partial charge in [0.2, 0.25) is 0 Å². The summed E-state index contributed by atoms with van der Waals surface area (Å²) in [4.78, 5) is 24.3. The number of carbonyl (C=O) groups excluding carboxylic acids is 2. The first-order chi connectivity index (χ1) is 8.98. The van der Waals surface area contributed by atoms with Crippen LogP contribution in [0.15, 0.2) is 24.3 Å². The molecule has 1 aromatic rings. The van der Waals surface area contributed by atoms with Crippen molar-refractivity contribution in [2.45, 2.75) is 51.4 Å². The van der Waals surface area contributed by atoms with Crippen LogP contribution < -0.4 is 0 Å². The standard InChI is InChI=1S/C16H26O2Si2/c1-19(2,3)11-15(17)13-7-9-14(10-8-13)16(18)12-20(4,5)6/h7-10H,11-12H2,1-6H3. The van der Waals surface area contributed by atoms with Crippen molar-refractivity contribution in [1.82, 2.24) is 0 Å². The van der Waals surface area contributed by atoms with Gasteiger partial charge in [0.05, 0.1) is 16.1 Å². The highest BCUT2D eigenvalue weighted by Crippen LogP contribution is 2.17. The number of hydrogen-bond acceptors (Lipinski definition) is 2. The van der Waals surface area contributed by atoms with Crippen molar-refractivity contribution in [3.05, 3.63) is 35.4 Å². The molecule has 0 heterocycles. The fraction of sp³-hybridized carbons (Fsp3) is 0.500. The van der Waals surface area contributed by atoms with E-state index in [2.05, 4.69) is 39.3 Å². The SMILES string of the molecule is C[Si](C)(C)CC(=O)c1ccc(C(=O)C[Si](C)(C)C)cc1. The summed E-state index contributed by atoms with van der Waals surface area (Å²) in [5.74, 6) is 0.404. The largest absolute Gasteiger partial charge is 0.295 e. The molecule has 0 unspecified atom stereocenters. The third-order valence-electron chi connectivity index (χ3n) is 2.91. The molecular formula is C16H26O2Si2. The number of Topliss-reactive ketones (excluding diaryl/α,β-unsaturated/α-hetero) is 2. The van der Waals surface area contributed by atoms with Crippen LogP contribution in [0, 0.1) is 0 Å². The minimum Gasteiger partial charge on any atom is -0.295 e. The van der Waals surface area contributed by atoms with Gasteiger partial charge in [-0.05, 0) is 0 Å². The lowest BCUT2D eigenvalue weighted by Crippen LogP contribution is -2.24. The van der Waals surface area contributed by atoms with Crippen molar-refractivity contribution in [3.63, 3.8) is 0 Å². The Labute approximate surface area is 124 Å². The zero-order chi connectivity index (χ0) is 15.6. The highest BCUT2D eigenvalue weighted by Gasteiger charge is 2.21. The van der Waals surface area contributed by atoms with E-state index in [1.165, 1.54) is 0 Å². The molecule has 0 N–H and O–H groups in total. The van der Waals surface area contributed by atoms with E-state index < -0.39 is 16.1 Å². The summed E-state index contributed by atoms with van der Waals surface area (Å²) in [5, 5.41) is 0. The van der Waals surface area contributed by atoms with E-state index in [0.29, 0.717) is 12.1 Å². The fourth-order valence-corrected chi connectivity index (χ4v) is 4.34. The van der Waals surface area contributed by atoms with Gasteiger partial charge in [-0.2, -0.15) is 0 Å². The Morgan fingerprint density at radius 2 is 0.950 bits per heavy atom. The van der Waals surface area contributed by atoms with Crippen LogP contribution >= 0.6 is 0 Å². The van der Waals surface area contributed by atoms with E-state index in [4.69, 9.17) is 0 Å². The lowest BCUT2D eigenvalue weighted by molar-refractivity contribution is 0.1000. The maximum Gasteiger partial charge on any atom is 0.160 e. The predicted molar refractivity (Wildman–Crippen MR) is 91.4 cm³/mol. The lowest BCUT2D eigenvalue weighted by atomic mass is 10.1. The Balaban J connectivity index is 2.79. The lowest BCUT2D eigenvalue weighted by Gasteiger charge is -2.15. The first-order valence-electron chi connectivity index (χ1n) is 7.14. The smallest absolute Gasteiger partial charge is 0.160 e. The molecule has 1 rings (SSSR count). The van der Waals surface area contributed by atoms with Gasteiger partial charge in [-0.3, -0.25) is 9.59 Å². The molecule has 110 valence electrons. The Hall–Kier alpha value is -1.01. The maximum absolute atomic E-state index is 12.1. The van der Waals surface area contributed by atoms with Crippen LogP contribution in [0.3, 0.4) is 0 Å². The molecule has 0 aliphatic carbocycles. The van der Waals surface area contributed by atoms with Gasteiger partial charge >= 0.3 is 0 Å². The van der Waals surface area contributed by atoms with Gasteiger partial charge in [0.25, 0.3) is 0 Å². The summed E-state index contributed by atoms with van der Waals surface area (Å²) in [5.41, 5.74) is 1.47. The summed E-state index contributed by atoms with van der Waals surface area (Å²) in [7, 11) is -2.76. The van der Waals surface area contributed by atoms with E-state index in [0.717, 1.165) is 11.1 Å². The molecule has 0 atom stereocenters. The summed E-state index contributed by atoms with van der Waals surface area (Å²) in [6.07, 6.45) is 0. The summed E-state index contributed by atoms with van der Waals surface area (Å²) in [6.45, 7) is 13.1. The minimum atomic E-state index is -1.38. The van der Waals surface area contributed by atoms with E-state index >= 15 is 0 Å². The van der Waals surface area contributed by atoms with Crippen LogP contribution in [-0.2, 0) is 0 Å². The molecular weight excluding hydrogens is 280 g/mol. The maximum atomic E-state index is 12.1. The molecule has 0 aliphatic heterocycles. The number of rotatable bonds is 6. The minimum absolute atomic E-state index is 0.202. The van der Waals surface area contributed by atoms with E-state index in [-0.39, 0.29) is 11.6 Å². The van der Waals surface area contributed by atoms with Crippen molar-refractivity contribution in [3.8, 4) is 0 Å². The molecule has 0 bridgehead atoms. The Kier molecular flexibility index (Phi) is 5.27. The van der Waals surface area contributed by atoms with Crippen LogP contribution in [0.4, 0.5) is 0 Å². The van der Waals surface area contributed by atoms with Crippen LogP contribution in [0.2, 0.25) is 51.4 Å². The van der Waals surface area contributed by atoms with E-state index in [9.17, 15) is 9.59 Å². The summed E-state index contributed by atoms with van der Waals surface area (Å²) in [6, 6.07) is 8.55. The number of carbonyl (C=O) groups is 2. The van der Waals surface area contributed by atoms with Crippen molar-refractivity contribution >= 4 is 27.7 Å². The van der Waals surface area contributed by atoms with Crippen molar-refractivity contribution in [1.29, 1.82) is 0 Å². The van der Waals surface area contributed by atoms with Crippen LogP contribution in [0.5, 0.6) is 0 Å². The predicted octanol–water partition coefficient (Wildman–Crippen LogP) is 4.73. The molecule has 0 amide bonds. The molecule has 0 spiro atoms. The number of benzene rings is 1. The zero-order valence-corrected chi connectivity index (χ0v) is 15.5. The first kappa shape index (κ1) is 17.0. The van der Waals surface area contributed by atoms with Crippen LogP contribution in [0.25, 0.3) is 0 Å². The molecule has 0 saturated heterocycles. The molecule has 1 aromatic carbocycles.